The molecule has 0 aromatic heterocycles. The van der Waals surface area contributed by atoms with Gasteiger partial charge in [-0.3, -0.25) is 4.79 Å². The van der Waals surface area contributed by atoms with Crippen LogP contribution in [0.2, 0.25) is 0 Å². The molecule has 0 saturated carbocycles. The van der Waals surface area contributed by atoms with Gasteiger partial charge in [0.1, 0.15) is 5.82 Å². The van der Waals surface area contributed by atoms with Crippen LogP contribution >= 0.6 is 0 Å². The highest BCUT2D eigenvalue weighted by molar-refractivity contribution is 5.74. The second-order valence-electron chi connectivity index (χ2n) is 5.79. The van der Waals surface area contributed by atoms with Crippen molar-refractivity contribution >= 4 is 5.97 Å². The van der Waals surface area contributed by atoms with Crippen LogP contribution < -0.4 is 0 Å². The van der Waals surface area contributed by atoms with E-state index in [4.69, 9.17) is 5.11 Å². The van der Waals surface area contributed by atoms with Gasteiger partial charge < -0.3 is 5.11 Å². The number of fused-ring (bicyclic) bond motifs is 1. The Morgan fingerprint density at radius 2 is 1.83 bits per heavy atom. The molecule has 0 atom stereocenters. The van der Waals surface area contributed by atoms with E-state index in [2.05, 4.69) is 0 Å². The zero-order chi connectivity index (χ0) is 13.3. The Morgan fingerprint density at radius 1 is 1.28 bits per heavy atom. The monoisotopic (exact) mass is 250 g/mol. The van der Waals surface area contributed by atoms with E-state index in [-0.39, 0.29) is 12.2 Å². The molecule has 0 fully saturated rings. The zero-order valence-corrected chi connectivity index (χ0v) is 10.9. The fourth-order valence-corrected chi connectivity index (χ4v) is 2.49. The van der Waals surface area contributed by atoms with Crippen molar-refractivity contribution in [3.05, 3.63) is 34.6 Å². The third kappa shape index (κ3) is 2.55. The number of aliphatic carboxylic acids is 1. The molecule has 0 unspecified atom stereocenters. The van der Waals surface area contributed by atoms with Gasteiger partial charge in [0.15, 0.2) is 0 Å². The van der Waals surface area contributed by atoms with Gasteiger partial charge in [-0.25, -0.2) is 4.39 Å². The molecule has 2 nitrogen and oxygen atoms in total. The van der Waals surface area contributed by atoms with Crippen molar-refractivity contribution in [2.75, 3.05) is 0 Å². The molecule has 18 heavy (non-hydrogen) atoms. The lowest BCUT2D eigenvalue weighted by Crippen LogP contribution is -2.26. The van der Waals surface area contributed by atoms with Gasteiger partial charge in [-0.1, -0.05) is 6.07 Å². The predicted octanol–water partition coefficient (Wildman–Crippen LogP) is 3.36. The highest BCUT2D eigenvalue weighted by Gasteiger charge is 2.29. The number of rotatable bonds is 3. The van der Waals surface area contributed by atoms with Crippen molar-refractivity contribution in [2.45, 2.75) is 46.0 Å². The lowest BCUT2D eigenvalue weighted by molar-refractivity contribution is -0.146. The van der Waals surface area contributed by atoms with Crippen LogP contribution in [-0.2, 0) is 24.1 Å². The van der Waals surface area contributed by atoms with E-state index in [9.17, 15) is 9.18 Å². The standard InChI is InChI=1S/C15H19FO2/c1-15(2,14(17)18)9-12-7-10-5-3-4-6-11(10)8-13(12)16/h7-8H,3-6,9H2,1-2H3,(H,17,18). The third-order valence-corrected chi connectivity index (χ3v) is 3.72. The number of benzene rings is 1. The maximum absolute atomic E-state index is 14.0. The van der Waals surface area contributed by atoms with Crippen molar-refractivity contribution in [1.82, 2.24) is 0 Å². The Morgan fingerprint density at radius 3 is 2.39 bits per heavy atom. The average molecular weight is 250 g/mol. The van der Waals surface area contributed by atoms with Gasteiger partial charge in [0, 0.05) is 0 Å². The van der Waals surface area contributed by atoms with Crippen molar-refractivity contribution in [2.24, 2.45) is 5.41 Å². The summed E-state index contributed by atoms with van der Waals surface area (Å²) in [5.41, 5.74) is 1.89. The quantitative estimate of drug-likeness (QED) is 0.893. The lowest BCUT2D eigenvalue weighted by atomic mass is 9.83. The van der Waals surface area contributed by atoms with Gasteiger partial charge in [-0.2, -0.15) is 0 Å². The van der Waals surface area contributed by atoms with Crippen molar-refractivity contribution < 1.29 is 14.3 Å². The van der Waals surface area contributed by atoms with Crippen LogP contribution in [0.15, 0.2) is 12.1 Å². The normalized spacial score (nSPS) is 15.3. The van der Waals surface area contributed by atoms with E-state index in [1.54, 1.807) is 19.9 Å². The summed E-state index contributed by atoms with van der Waals surface area (Å²) in [7, 11) is 0. The molecule has 0 spiro atoms. The van der Waals surface area contributed by atoms with Gasteiger partial charge in [0.25, 0.3) is 0 Å². The Hall–Kier alpha value is -1.38. The maximum atomic E-state index is 14.0. The van der Waals surface area contributed by atoms with Crippen LogP contribution in [0.5, 0.6) is 0 Å². The average Bonchev–Trinajstić information content (AvgIpc) is 2.29. The number of aryl methyl sites for hydroxylation is 2. The maximum Gasteiger partial charge on any atom is 0.309 e. The van der Waals surface area contributed by atoms with Gasteiger partial charge in [-0.05, 0) is 68.7 Å². The molecule has 0 amide bonds. The van der Waals surface area contributed by atoms with Crippen molar-refractivity contribution in [3.8, 4) is 0 Å². The summed E-state index contributed by atoms with van der Waals surface area (Å²) < 4.78 is 14.0. The summed E-state index contributed by atoms with van der Waals surface area (Å²) in [5, 5.41) is 9.11. The molecule has 0 aliphatic heterocycles. The molecule has 0 bridgehead atoms. The Kier molecular flexibility index (Phi) is 3.42. The smallest absolute Gasteiger partial charge is 0.309 e. The van der Waals surface area contributed by atoms with E-state index >= 15 is 0 Å². The molecule has 1 N–H and O–H groups in total. The van der Waals surface area contributed by atoms with Crippen LogP contribution in [-0.4, -0.2) is 11.1 Å². The van der Waals surface area contributed by atoms with Gasteiger partial charge in [0.2, 0.25) is 0 Å². The molecule has 98 valence electrons. The minimum atomic E-state index is -0.927. The zero-order valence-electron chi connectivity index (χ0n) is 10.9. The third-order valence-electron chi connectivity index (χ3n) is 3.72. The molecular weight excluding hydrogens is 231 g/mol. The predicted molar refractivity (Wildman–Crippen MR) is 68.2 cm³/mol. The first-order valence-electron chi connectivity index (χ1n) is 6.44. The topological polar surface area (TPSA) is 37.3 Å². The fourth-order valence-electron chi connectivity index (χ4n) is 2.49. The van der Waals surface area contributed by atoms with E-state index < -0.39 is 11.4 Å². The summed E-state index contributed by atoms with van der Waals surface area (Å²) in [6, 6.07) is 3.47. The number of carboxylic acid groups (broad SMARTS) is 1. The second-order valence-corrected chi connectivity index (χ2v) is 5.79. The summed E-state index contributed by atoms with van der Waals surface area (Å²) >= 11 is 0. The fraction of sp³-hybridized carbons (Fsp3) is 0.533. The minimum Gasteiger partial charge on any atom is -0.481 e. The van der Waals surface area contributed by atoms with Gasteiger partial charge >= 0.3 is 5.97 Å². The largest absolute Gasteiger partial charge is 0.481 e. The molecule has 1 aromatic rings. The molecule has 1 aromatic carbocycles. The first kappa shape index (κ1) is 13.1. The summed E-state index contributed by atoms with van der Waals surface area (Å²) in [5.74, 6) is -1.15. The van der Waals surface area contributed by atoms with Crippen LogP contribution in [0, 0.1) is 11.2 Å². The van der Waals surface area contributed by atoms with Crippen LogP contribution in [0.25, 0.3) is 0 Å². The van der Waals surface area contributed by atoms with Gasteiger partial charge in [0.05, 0.1) is 5.41 Å². The van der Waals surface area contributed by atoms with E-state index in [1.807, 2.05) is 6.07 Å². The molecule has 0 radical (unpaired) electrons. The highest BCUT2D eigenvalue weighted by atomic mass is 19.1. The van der Waals surface area contributed by atoms with E-state index in [0.29, 0.717) is 5.56 Å². The lowest BCUT2D eigenvalue weighted by Gasteiger charge is -2.22. The molecular formula is C15H19FO2. The van der Waals surface area contributed by atoms with Crippen LogP contribution in [0.1, 0.15) is 43.4 Å². The number of carbonyl (C=O) groups is 1. The summed E-state index contributed by atoms with van der Waals surface area (Å²) in [4.78, 5) is 11.1. The summed E-state index contributed by atoms with van der Waals surface area (Å²) in [6.07, 6.45) is 4.42. The first-order chi connectivity index (χ1) is 8.40. The Bertz CT molecular complexity index is 478. The number of hydrogen-bond acceptors (Lipinski definition) is 1. The van der Waals surface area contributed by atoms with Crippen LogP contribution in [0.4, 0.5) is 4.39 Å². The van der Waals surface area contributed by atoms with Crippen LogP contribution in [0.3, 0.4) is 0 Å². The molecule has 1 aliphatic carbocycles. The first-order valence-corrected chi connectivity index (χ1v) is 6.44. The molecule has 3 heteroatoms. The van der Waals surface area contributed by atoms with Crippen molar-refractivity contribution in [3.63, 3.8) is 0 Å². The van der Waals surface area contributed by atoms with E-state index in [1.165, 1.54) is 5.56 Å². The summed E-state index contributed by atoms with van der Waals surface area (Å²) in [6.45, 7) is 3.27. The SMILES string of the molecule is CC(C)(Cc1cc2c(cc1F)CCCC2)C(=O)O. The second kappa shape index (κ2) is 4.71. The Labute approximate surface area is 107 Å². The number of hydrogen-bond donors (Lipinski definition) is 1. The number of carboxylic acids is 1. The number of halogens is 1. The van der Waals surface area contributed by atoms with Crippen molar-refractivity contribution in [1.29, 1.82) is 0 Å². The highest BCUT2D eigenvalue weighted by Crippen LogP contribution is 2.29. The molecule has 2 rings (SSSR count). The van der Waals surface area contributed by atoms with Gasteiger partial charge in [-0.15, -0.1) is 0 Å². The molecule has 1 aliphatic rings. The minimum absolute atomic E-state index is 0.238. The molecule has 0 saturated heterocycles. The molecule has 0 heterocycles. The van der Waals surface area contributed by atoms with E-state index in [0.717, 1.165) is 31.2 Å². The Balaban J connectivity index is 2.31.